The Hall–Kier alpha value is -2.56. The molecule has 0 atom stereocenters. The third-order valence-corrected chi connectivity index (χ3v) is 2.38. The van der Waals surface area contributed by atoms with Crippen LogP contribution in [0.2, 0.25) is 0 Å². The van der Waals surface area contributed by atoms with Crippen LogP contribution >= 0.6 is 0 Å². The number of urea groups is 1. The second-order valence-electron chi connectivity index (χ2n) is 3.89. The number of rotatable bonds is 2. The molecule has 2 aromatic rings. The van der Waals surface area contributed by atoms with Gasteiger partial charge in [0.25, 0.3) is 0 Å². The molecule has 0 aliphatic rings. The van der Waals surface area contributed by atoms with E-state index < -0.39 is 0 Å². The normalized spacial score (nSPS) is 9.83. The van der Waals surface area contributed by atoms with Crippen molar-refractivity contribution in [3.63, 3.8) is 0 Å². The summed E-state index contributed by atoms with van der Waals surface area (Å²) in [5.74, 6) is 0.349. The van der Waals surface area contributed by atoms with E-state index in [2.05, 4.69) is 15.6 Å². The van der Waals surface area contributed by atoms with E-state index in [1.54, 1.807) is 18.3 Å². The SMILES string of the molecule is Cc1ccc(NC(=O)Nc2ncccc2N)cc1. The van der Waals surface area contributed by atoms with Crippen LogP contribution in [-0.2, 0) is 0 Å². The minimum Gasteiger partial charge on any atom is -0.396 e. The summed E-state index contributed by atoms with van der Waals surface area (Å²) in [5.41, 5.74) is 7.95. The molecule has 0 radical (unpaired) electrons. The van der Waals surface area contributed by atoms with Crippen molar-refractivity contribution in [1.29, 1.82) is 0 Å². The number of aromatic nitrogens is 1. The number of nitrogen functional groups attached to an aromatic ring is 1. The number of carbonyl (C=O) groups excluding carboxylic acids is 1. The van der Waals surface area contributed by atoms with Gasteiger partial charge in [0.05, 0.1) is 5.69 Å². The Morgan fingerprint density at radius 1 is 1.17 bits per heavy atom. The van der Waals surface area contributed by atoms with E-state index in [4.69, 9.17) is 5.73 Å². The Balaban J connectivity index is 2.01. The van der Waals surface area contributed by atoms with Crippen molar-refractivity contribution >= 4 is 23.2 Å². The molecule has 2 amide bonds. The number of pyridine rings is 1. The van der Waals surface area contributed by atoms with E-state index in [1.807, 2.05) is 31.2 Å². The van der Waals surface area contributed by atoms with Gasteiger partial charge in [-0.05, 0) is 31.2 Å². The maximum absolute atomic E-state index is 11.7. The van der Waals surface area contributed by atoms with Crippen LogP contribution < -0.4 is 16.4 Å². The van der Waals surface area contributed by atoms with E-state index in [0.717, 1.165) is 5.56 Å². The number of aryl methyl sites for hydroxylation is 1. The number of carbonyl (C=O) groups is 1. The van der Waals surface area contributed by atoms with Crippen LogP contribution in [-0.4, -0.2) is 11.0 Å². The zero-order valence-corrected chi connectivity index (χ0v) is 9.97. The average Bonchev–Trinajstić information content (AvgIpc) is 2.35. The minimum absolute atomic E-state index is 0.349. The van der Waals surface area contributed by atoms with Gasteiger partial charge >= 0.3 is 6.03 Å². The van der Waals surface area contributed by atoms with Gasteiger partial charge in [0.15, 0.2) is 5.82 Å². The number of hydrogen-bond acceptors (Lipinski definition) is 3. The summed E-state index contributed by atoms with van der Waals surface area (Å²) >= 11 is 0. The molecule has 0 aliphatic carbocycles. The van der Waals surface area contributed by atoms with E-state index in [9.17, 15) is 4.79 Å². The largest absolute Gasteiger partial charge is 0.396 e. The lowest BCUT2D eigenvalue weighted by Crippen LogP contribution is -2.20. The fourth-order valence-electron chi connectivity index (χ4n) is 1.43. The summed E-state index contributed by atoms with van der Waals surface area (Å²) in [4.78, 5) is 15.7. The molecule has 4 N–H and O–H groups in total. The Morgan fingerprint density at radius 2 is 1.89 bits per heavy atom. The topological polar surface area (TPSA) is 80.0 Å². The molecule has 0 unspecified atom stereocenters. The second-order valence-corrected chi connectivity index (χ2v) is 3.89. The van der Waals surface area contributed by atoms with Gasteiger partial charge in [0.2, 0.25) is 0 Å². The molecule has 0 saturated carbocycles. The first-order valence-corrected chi connectivity index (χ1v) is 5.50. The van der Waals surface area contributed by atoms with Gasteiger partial charge in [-0.3, -0.25) is 5.32 Å². The molecular formula is C13H14N4O. The summed E-state index contributed by atoms with van der Waals surface area (Å²) < 4.78 is 0. The predicted molar refractivity (Wildman–Crippen MR) is 72.5 cm³/mol. The molecule has 0 spiro atoms. The zero-order chi connectivity index (χ0) is 13.0. The number of nitrogens with two attached hydrogens (primary N) is 1. The predicted octanol–water partition coefficient (Wildman–Crippen LogP) is 2.62. The average molecular weight is 242 g/mol. The van der Waals surface area contributed by atoms with E-state index in [1.165, 1.54) is 0 Å². The summed E-state index contributed by atoms with van der Waals surface area (Å²) in [6.07, 6.45) is 1.57. The highest BCUT2D eigenvalue weighted by atomic mass is 16.2. The van der Waals surface area contributed by atoms with Crippen LogP contribution in [0, 0.1) is 6.92 Å². The molecule has 0 bridgehead atoms. The molecule has 18 heavy (non-hydrogen) atoms. The molecule has 0 fully saturated rings. The molecule has 0 aliphatic heterocycles. The fraction of sp³-hybridized carbons (Fsp3) is 0.0769. The first-order chi connectivity index (χ1) is 8.65. The maximum atomic E-state index is 11.7. The summed E-state index contributed by atoms with van der Waals surface area (Å²) in [5, 5.41) is 5.29. The van der Waals surface area contributed by atoms with Gasteiger partial charge in [-0.2, -0.15) is 0 Å². The third kappa shape index (κ3) is 2.98. The highest BCUT2D eigenvalue weighted by Crippen LogP contribution is 2.14. The van der Waals surface area contributed by atoms with Crippen LogP contribution in [0.1, 0.15) is 5.56 Å². The number of benzene rings is 1. The van der Waals surface area contributed by atoms with Gasteiger partial charge < -0.3 is 11.1 Å². The molecule has 0 saturated heterocycles. The van der Waals surface area contributed by atoms with E-state index >= 15 is 0 Å². The monoisotopic (exact) mass is 242 g/mol. The van der Waals surface area contributed by atoms with Gasteiger partial charge in [0.1, 0.15) is 0 Å². The molecule has 1 aromatic heterocycles. The van der Waals surface area contributed by atoms with Gasteiger partial charge in [-0.25, -0.2) is 9.78 Å². The van der Waals surface area contributed by atoms with Crippen LogP contribution in [0.15, 0.2) is 42.6 Å². The number of nitrogens with zero attached hydrogens (tertiary/aromatic N) is 1. The van der Waals surface area contributed by atoms with Crippen LogP contribution in [0.3, 0.4) is 0 Å². The van der Waals surface area contributed by atoms with Gasteiger partial charge in [0, 0.05) is 11.9 Å². The first-order valence-electron chi connectivity index (χ1n) is 5.50. The number of nitrogens with one attached hydrogen (secondary N) is 2. The molecule has 2 rings (SSSR count). The van der Waals surface area contributed by atoms with Crippen molar-refractivity contribution in [1.82, 2.24) is 4.98 Å². The van der Waals surface area contributed by atoms with Crippen LogP contribution in [0.25, 0.3) is 0 Å². The fourth-order valence-corrected chi connectivity index (χ4v) is 1.43. The van der Waals surface area contributed by atoms with Crippen LogP contribution in [0.4, 0.5) is 22.0 Å². The van der Waals surface area contributed by atoms with Crippen molar-refractivity contribution < 1.29 is 4.79 Å². The van der Waals surface area contributed by atoms with Crippen molar-refractivity contribution in [3.8, 4) is 0 Å². The zero-order valence-electron chi connectivity index (χ0n) is 9.97. The van der Waals surface area contributed by atoms with Crippen molar-refractivity contribution in [3.05, 3.63) is 48.2 Å². The summed E-state index contributed by atoms with van der Waals surface area (Å²) in [6.45, 7) is 1.98. The van der Waals surface area contributed by atoms with Crippen molar-refractivity contribution in [2.45, 2.75) is 6.92 Å². The lowest BCUT2D eigenvalue weighted by Gasteiger charge is -2.08. The lowest BCUT2D eigenvalue weighted by atomic mass is 10.2. The Morgan fingerprint density at radius 3 is 2.56 bits per heavy atom. The molecule has 92 valence electrons. The third-order valence-electron chi connectivity index (χ3n) is 2.38. The molecule has 1 heterocycles. The Bertz CT molecular complexity index is 551. The maximum Gasteiger partial charge on any atom is 0.324 e. The van der Waals surface area contributed by atoms with E-state index in [-0.39, 0.29) is 6.03 Å². The summed E-state index contributed by atoms with van der Waals surface area (Å²) in [6, 6.07) is 10.5. The summed E-state index contributed by atoms with van der Waals surface area (Å²) in [7, 11) is 0. The molecule has 5 nitrogen and oxygen atoms in total. The number of anilines is 3. The number of hydrogen-bond donors (Lipinski definition) is 3. The van der Waals surface area contributed by atoms with Crippen LogP contribution in [0.5, 0.6) is 0 Å². The number of amides is 2. The van der Waals surface area contributed by atoms with Crippen molar-refractivity contribution in [2.24, 2.45) is 0 Å². The smallest absolute Gasteiger partial charge is 0.324 e. The highest BCUT2D eigenvalue weighted by Gasteiger charge is 2.05. The van der Waals surface area contributed by atoms with Gasteiger partial charge in [-0.15, -0.1) is 0 Å². The quantitative estimate of drug-likeness (QED) is 0.757. The highest BCUT2D eigenvalue weighted by molar-refractivity contribution is 6.00. The Labute approximate surface area is 105 Å². The van der Waals surface area contributed by atoms with E-state index in [0.29, 0.717) is 17.2 Å². The first kappa shape index (κ1) is 11.9. The minimum atomic E-state index is -0.371. The molecular weight excluding hydrogens is 228 g/mol. The lowest BCUT2D eigenvalue weighted by molar-refractivity contribution is 0.262. The second kappa shape index (κ2) is 5.18. The Kier molecular flexibility index (Phi) is 3.43. The molecule has 1 aromatic carbocycles. The van der Waals surface area contributed by atoms with Crippen molar-refractivity contribution in [2.75, 3.05) is 16.4 Å². The van der Waals surface area contributed by atoms with Gasteiger partial charge in [-0.1, -0.05) is 17.7 Å². The standard InChI is InChI=1S/C13H14N4O/c1-9-4-6-10(7-5-9)16-13(18)17-12-11(14)3-2-8-15-12/h2-8H,14H2,1H3,(H2,15,16,17,18). The molecule has 5 heteroatoms.